The predicted molar refractivity (Wildman–Crippen MR) is 51.3 cm³/mol. The lowest BCUT2D eigenvalue weighted by atomic mass is 10.0. The molecule has 0 fully saturated rings. The molecule has 1 aromatic rings. The van der Waals surface area contributed by atoms with E-state index in [0.29, 0.717) is 13.1 Å². The van der Waals surface area contributed by atoms with Gasteiger partial charge in [-0.3, -0.25) is 0 Å². The van der Waals surface area contributed by atoms with Gasteiger partial charge in [0.05, 0.1) is 18.4 Å². The summed E-state index contributed by atoms with van der Waals surface area (Å²) >= 11 is 0. The maximum absolute atomic E-state index is 9.66. The molecular formula is C10H17NO2. The van der Waals surface area contributed by atoms with Crippen LogP contribution in [0.5, 0.6) is 0 Å². The Labute approximate surface area is 78.8 Å². The molecule has 0 amide bonds. The van der Waals surface area contributed by atoms with Crippen molar-refractivity contribution in [2.24, 2.45) is 0 Å². The van der Waals surface area contributed by atoms with Gasteiger partial charge in [-0.05, 0) is 25.5 Å². The minimum atomic E-state index is -0.618. The third-order valence-corrected chi connectivity index (χ3v) is 2.15. The van der Waals surface area contributed by atoms with Gasteiger partial charge in [-0.15, -0.1) is 0 Å². The van der Waals surface area contributed by atoms with Crippen LogP contribution in [0.25, 0.3) is 0 Å². The molecule has 2 N–H and O–H groups in total. The highest BCUT2D eigenvalue weighted by molar-refractivity contribution is 4.97. The van der Waals surface area contributed by atoms with Crippen molar-refractivity contribution in [1.82, 2.24) is 5.32 Å². The van der Waals surface area contributed by atoms with E-state index in [1.54, 1.807) is 6.26 Å². The van der Waals surface area contributed by atoms with Crippen LogP contribution in [0, 0.1) is 0 Å². The van der Waals surface area contributed by atoms with Crippen molar-refractivity contribution in [3.8, 4) is 0 Å². The lowest BCUT2D eigenvalue weighted by Gasteiger charge is -2.21. The molecule has 13 heavy (non-hydrogen) atoms. The highest BCUT2D eigenvalue weighted by atomic mass is 16.3. The molecule has 0 aliphatic carbocycles. The molecule has 0 bridgehead atoms. The number of furan rings is 1. The Hall–Kier alpha value is -0.800. The SMILES string of the molecule is CCC(C)(O)CNCc1ccco1. The van der Waals surface area contributed by atoms with Gasteiger partial charge < -0.3 is 14.8 Å². The van der Waals surface area contributed by atoms with Gasteiger partial charge in [-0.25, -0.2) is 0 Å². The van der Waals surface area contributed by atoms with Gasteiger partial charge in [0.1, 0.15) is 5.76 Å². The van der Waals surface area contributed by atoms with Crippen LogP contribution in [0.4, 0.5) is 0 Å². The summed E-state index contributed by atoms with van der Waals surface area (Å²) in [4.78, 5) is 0. The summed E-state index contributed by atoms with van der Waals surface area (Å²) < 4.78 is 5.14. The fourth-order valence-electron chi connectivity index (χ4n) is 0.993. The maximum atomic E-state index is 9.66. The molecule has 0 saturated heterocycles. The fourth-order valence-corrected chi connectivity index (χ4v) is 0.993. The zero-order valence-corrected chi connectivity index (χ0v) is 8.21. The van der Waals surface area contributed by atoms with Crippen LogP contribution in [-0.2, 0) is 6.54 Å². The lowest BCUT2D eigenvalue weighted by molar-refractivity contribution is 0.0551. The number of hydrogen-bond donors (Lipinski definition) is 2. The molecular weight excluding hydrogens is 166 g/mol. The summed E-state index contributed by atoms with van der Waals surface area (Å²) in [5.41, 5.74) is -0.618. The summed E-state index contributed by atoms with van der Waals surface area (Å²) in [6.07, 6.45) is 2.40. The van der Waals surface area contributed by atoms with Crippen molar-refractivity contribution >= 4 is 0 Å². The largest absolute Gasteiger partial charge is 0.468 e. The average molecular weight is 183 g/mol. The molecule has 1 atom stereocenters. The molecule has 0 saturated carbocycles. The molecule has 1 unspecified atom stereocenters. The molecule has 0 aliphatic rings. The van der Waals surface area contributed by atoms with Crippen molar-refractivity contribution in [3.63, 3.8) is 0 Å². The van der Waals surface area contributed by atoms with Gasteiger partial charge in [-0.2, -0.15) is 0 Å². The Morgan fingerprint density at radius 1 is 1.62 bits per heavy atom. The third kappa shape index (κ3) is 3.61. The van der Waals surface area contributed by atoms with Crippen molar-refractivity contribution < 1.29 is 9.52 Å². The molecule has 0 aliphatic heterocycles. The molecule has 0 radical (unpaired) electrons. The molecule has 0 aromatic carbocycles. The van der Waals surface area contributed by atoms with E-state index in [1.165, 1.54) is 0 Å². The Balaban J connectivity index is 2.21. The van der Waals surface area contributed by atoms with Crippen LogP contribution in [-0.4, -0.2) is 17.3 Å². The maximum Gasteiger partial charge on any atom is 0.117 e. The number of rotatable bonds is 5. The first-order valence-electron chi connectivity index (χ1n) is 4.59. The Morgan fingerprint density at radius 2 is 2.38 bits per heavy atom. The summed E-state index contributed by atoms with van der Waals surface area (Å²) in [7, 11) is 0. The number of nitrogens with one attached hydrogen (secondary N) is 1. The second kappa shape index (κ2) is 4.44. The van der Waals surface area contributed by atoms with E-state index >= 15 is 0 Å². The summed E-state index contributed by atoms with van der Waals surface area (Å²) in [5.74, 6) is 0.895. The first kappa shape index (κ1) is 10.3. The average Bonchev–Trinajstić information content (AvgIpc) is 2.57. The quantitative estimate of drug-likeness (QED) is 0.727. The monoisotopic (exact) mass is 183 g/mol. The van der Waals surface area contributed by atoms with Gasteiger partial charge in [0.25, 0.3) is 0 Å². The minimum absolute atomic E-state index is 0.588. The summed E-state index contributed by atoms with van der Waals surface area (Å²) in [6.45, 7) is 5.05. The first-order valence-corrected chi connectivity index (χ1v) is 4.59. The van der Waals surface area contributed by atoms with Crippen LogP contribution < -0.4 is 5.32 Å². The molecule has 1 heterocycles. The van der Waals surface area contributed by atoms with Gasteiger partial charge in [0.2, 0.25) is 0 Å². The summed E-state index contributed by atoms with van der Waals surface area (Å²) in [5, 5.41) is 12.8. The first-order chi connectivity index (χ1) is 6.14. The van der Waals surface area contributed by atoms with Crippen molar-refractivity contribution in [1.29, 1.82) is 0 Å². The number of hydrogen-bond acceptors (Lipinski definition) is 3. The van der Waals surface area contributed by atoms with Crippen molar-refractivity contribution in [2.75, 3.05) is 6.54 Å². The Morgan fingerprint density at radius 3 is 2.92 bits per heavy atom. The predicted octanol–water partition coefficient (Wildman–Crippen LogP) is 1.53. The fraction of sp³-hybridized carbons (Fsp3) is 0.600. The molecule has 1 rings (SSSR count). The van der Waals surface area contributed by atoms with E-state index < -0.39 is 5.60 Å². The lowest BCUT2D eigenvalue weighted by Crippen LogP contribution is -2.36. The van der Waals surface area contributed by atoms with Gasteiger partial charge in [-0.1, -0.05) is 6.92 Å². The Bertz CT molecular complexity index is 229. The van der Waals surface area contributed by atoms with E-state index in [-0.39, 0.29) is 0 Å². The van der Waals surface area contributed by atoms with Gasteiger partial charge in [0.15, 0.2) is 0 Å². The van der Waals surface area contributed by atoms with E-state index in [1.807, 2.05) is 26.0 Å². The van der Waals surface area contributed by atoms with E-state index in [4.69, 9.17) is 4.42 Å². The van der Waals surface area contributed by atoms with Crippen LogP contribution in [0.1, 0.15) is 26.0 Å². The highest BCUT2D eigenvalue weighted by Gasteiger charge is 2.16. The van der Waals surface area contributed by atoms with Gasteiger partial charge >= 0.3 is 0 Å². The standard InChI is InChI=1S/C10H17NO2/c1-3-10(2,12)8-11-7-9-5-4-6-13-9/h4-6,11-12H,3,7-8H2,1-2H3. The molecule has 1 aromatic heterocycles. The second-order valence-corrected chi connectivity index (χ2v) is 3.53. The topological polar surface area (TPSA) is 45.4 Å². The normalized spacial score (nSPS) is 15.6. The van der Waals surface area contributed by atoms with Crippen molar-refractivity contribution in [2.45, 2.75) is 32.4 Å². The van der Waals surface area contributed by atoms with E-state index in [9.17, 15) is 5.11 Å². The highest BCUT2D eigenvalue weighted by Crippen LogP contribution is 2.06. The zero-order chi connectivity index (χ0) is 9.73. The van der Waals surface area contributed by atoms with Crippen LogP contribution in [0.15, 0.2) is 22.8 Å². The molecule has 74 valence electrons. The molecule has 3 nitrogen and oxygen atoms in total. The zero-order valence-electron chi connectivity index (χ0n) is 8.21. The molecule has 0 spiro atoms. The second-order valence-electron chi connectivity index (χ2n) is 3.53. The minimum Gasteiger partial charge on any atom is -0.468 e. The Kier molecular flexibility index (Phi) is 3.51. The van der Waals surface area contributed by atoms with Crippen LogP contribution in [0.3, 0.4) is 0 Å². The third-order valence-electron chi connectivity index (χ3n) is 2.15. The number of aliphatic hydroxyl groups is 1. The van der Waals surface area contributed by atoms with E-state index in [2.05, 4.69) is 5.32 Å². The van der Waals surface area contributed by atoms with Crippen LogP contribution >= 0.6 is 0 Å². The van der Waals surface area contributed by atoms with Crippen molar-refractivity contribution in [3.05, 3.63) is 24.2 Å². The van der Waals surface area contributed by atoms with E-state index in [0.717, 1.165) is 12.2 Å². The van der Waals surface area contributed by atoms with Crippen LogP contribution in [0.2, 0.25) is 0 Å². The summed E-state index contributed by atoms with van der Waals surface area (Å²) in [6, 6.07) is 3.77. The van der Waals surface area contributed by atoms with Gasteiger partial charge in [0, 0.05) is 6.54 Å². The smallest absolute Gasteiger partial charge is 0.117 e. The molecule has 3 heteroatoms.